The Morgan fingerprint density at radius 3 is 2.80 bits per heavy atom. The van der Waals surface area contributed by atoms with E-state index in [2.05, 4.69) is 24.0 Å². The highest BCUT2D eigenvalue weighted by Gasteiger charge is 2.40. The van der Waals surface area contributed by atoms with Crippen molar-refractivity contribution in [2.24, 2.45) is 11.8 Å². The predicted molar refractivity (Wildman–Crippen MR) is 77.8 cm³/mol. The van der Waals surface area contributed by atoms with E-state index in [-0.39, 0.29) is 5.92 Å². The second-order valence-electron chi connectivity index (χ2n) is 6.37. The molecule has 2 aliphatic carbocycles. The smallest absolute Gasteiger partial charge is 0.117 e. The molecule has 3 unspecified atom stereocenters. The van der Waals surface area contributed by atoms with E-state index in [1.807, 2.05) is 6.07 Å². The first-order chi connectivity index (χ1) is 9.81. The van der Waals surface area contributed by atoms with Crippen LogP contribution in [0, 0.1) is 23.2 Å². The molecular weight excluding hydrogens is 248 g/mol. The maximum atomic E-state index is 9.50. The summed E-state index contributed by atoms with van der Waals surface area (Å²) in [6.45, 7) is 3.15. The van der Waals surface area contributed by atoms with E-state index in [0.717, 1.165) is 24.6 Å². The van der Waals surface area contributed by atoms with Gasteiger partial charge in [0.1, 0.15) is 5.76 Å². The molecule has 3 rings (SSSR count). The van der Waals surface area contributed by atoms with Crippen molar-refractivity contribution in [2.45, 2.75) is 64.1 Å². The zero-order chi connectivity index (χ0) is 13.9. The van der Waals surface area contributed by atoms with Gasteiger partial charge in [0, 0.05) is 12.1 Å². The molecule has 0 N–H and O–H groups in total. The molecule has 3 heteroatoms. The molecule has 108 valence electrons. The van der Waals surface area contributed by atoms with E-state index in [0.29, 0.717) is 12.1 Å². The van der Waals surface area contributed by atoms with Crippen LogP contribution in [0.3, 0.4) is 0 Å². The first-order valence-corrected chi connectivity index (χ1v) is 7.99. The molecule has 1 aromatic rings. The third-order valence-corrected chi connectivity index (χ3v) is 5.03. The van der Waals surface area contributed by atoms with Gasteiger partial charge in [0.25, 0.3) is 0 Å². The van der Waals surface area contributed by atoms with Crippen molar-refractivity contribution in [3.8, 4) is 6.07 Å². The van der Waals surface area contributed by atoms with Crippen LogP contribution < -0.4 is 0 Å². The zero-order valence-electron chi connectivity index (χ0n) is 12.3. The summed E-state index contributed by atoms with van der Waals surface area (Å²) < 4.78 is 5.53. The Labute approximate surface area is 121 Å². The summed E-state index contributed by atoms with van der Waals surface area (Å²) in [5, 5.41) is 9.50. The van der Waals surface area contributed by atoms with Crippen LogP contribution in [0.4, 0.5) is 0 Å². The molecule has 1 aromatic heterocycles. The summed E-state index contributed by atoms with van der Waals surface area (Å²) in [6, 6.07) is 7.68. The Kier molecular flexibility index (Phi) is 4.12. The second kappa shape index (κ2) is 6.01. The van der Waals surface area contributed by atoms with Crippen LogP contribution in [0.15, 0.2) is 22.8 Å². The lowest BCUT2D eigenvalue weighted by Gasteiger charge is -2.40. The molecule has 0 bridgehead atoms. The van der Waals surface area contributed by atoms with E-state index in [1.165, 1.54) is 32.1 Å². The molecule has 20 heavy (non-hydrogen) atoms. The number of nitriles is 1. The van der Waals surface area contributed by atoms with Crippen LogP contribution >= 0.6 is 0 Å². The van der Waals surface area contributed by atoms with Gasteiger partial charge in [-0.25, -0.2) is 0 Å². The van der Waals surface area contributed by atoms with Crippen LogP contribution in [0.25, 0.3) is 0 Å². The SMILES string of the molecule is CCC1CCC(C#N)C(N(Cc2ccco2)C2CC2)C1. The first-order valence-electron chi connectivity index (χ1n) is 7.99. The van der Waals surface area contributed by atoms with Gasteiger partial charge in [-0.3, -0.25) is 4.90 Å². The van der Waals surface area contributed by atoms with Crippen LogP contribution in [0.5, 0.6) is 0 Å². The van der Waals surface area contributed by atoms with Gasteiger partial charge in [-0.05, 0) is 50.2 Å². The van der Waals surface area contributed by atoms with E-state index >= 15 is 0 Å². The van der Waals surface area contributed by atoms with E-state index in [1.54, 1.807) is 6.26 Å². The van der Waals surface area contributed by atoms with Gasteiger partial charge in [-0.2, -0.15) is 5.26 Å². The van der Waals surface area contributed by atoms with Gasteiger partial charge in [0.15, 0.2) is 0 Å². The monoisotopic (exact) mass is 272 g/mol. The topological polar surface area (TPSA) is 40.2 Å². The third kappa shape index (κ3) is 2.91. The van der Waals surface area contributed by atoms with E-state index in [4.69, 9.17) is 4.42 Å². The summed E-state index contributed by atoms with van der Waals surface area (Å²) in [6.07, 6.45) is 9.04. The molecule has 0 radical (unpaired) electrons. The quantitative estimate of drug-likeness (QED) is 0.814. The lowest BCUT2D eigenvalue weighted by Crippen LogP contribution is -2.44. The standard InChI is InChI=1S/C17H24N2O/c1-2-13-5-6-14(11-18)17(10-13)19(15-7-8-15)12-16-4-3-9-20-16/h3-4,9,13-15,17H,2,5-8,10,12H2,1H3. The van der Waals surface area contributed by atoms with Crippen molar-refractivity contribution in [3.05, 3.63) is 24.2 Å². The van der Waals surface area contributed by atoms with Gasteiger partial charge >= 0.3 is 0 Å². The molecule has 0 aromatic carbocycles. The highest BCUT2D eigenvalue weighted by Crippen LogP contribution is 2.39. The minimum atomic E-state index is 0.202. The minimum Gasteiger partial charge on any atom is -0.468 e. The number of nitrogens with zero attached hydrogens (tertiary/aromatic N) is 2. The number of rotatable bonds is 5. The van der Waals surface area contributed by atoms with Crippen molar-refractivity contribution in [1.29, 1.82) is 5.26 Å². The molecule has 0 amide bonds. The third-order valence-electron chi connectivity index (χ3n) is 5.03. The van der Waals surface area contributed by atoms with Gasteiger partial charge in [-0.15, -0.1) is 0 Å². The zero-order valence-corrected chi connectivity index (χ0v) is 12.3. The van der Waals surface area contributed by atoms with Gasteiger partial charge in [0.05, 0.1) is 24.8 Å². The average Bonchev–Trinajstić information content (AvgIpc) is 3.20. The van der Waals surface area contributed by atoms with E-state index < -0.39 is 0 Å². The van der Waals surface area contributed by atoms with Gasteiger partial charge in [-0.1, -0.05) is 13.3 Å². The average molecular weight is 272 g/mol. The maximum absolute atomic E-state index is 9.50. The maximum Gasteiger partial charge on any atom is 0.117 e. The van der Waals surface area contributed by atoms with Gasteiger partial charge in [0.2, 0.25) is 0 Å². The molecule has 0 spiro atoms. The van der Waals surface area contributed by atoms with Crippen molar-refractivity contribution in [3.63, 3.8) is 0 Å². The summed E-state index contributed by atoms with van der Waals surface area (Å²) in [4.78, 5) is 2.56. The molecule has 2 fully saturated rings. The van der Waals surface area contributed by atoms with Gasteiger partial charge < -0.3 is 4.42 Å². The molecule has 3 atom stereocenters. The highest BCUT2D eigenvalue weighted by atomic mass is 16.3. The van der Waals surface area contributed by atoms with Crippen LogP contribution in [0.1, 0.15) is 51.2 Å². The molecule has 3 nitrogen and oxygen atoms in total. The van der Waals surface area contributed by atoms with Crippen LogP contribution in [0.2, 0.25) is 0 Å². The molecule has 2 saturated carbocycles. The Morgan fingerprint density at radius 2 is 2.20 bits per heavy atom. The highest BCUT2D eigenvalue weighted by molar-refractivity contribution is 5.05. The second-order valence-corrected chi connectivity index (χ2v) is 6.37. The number of furan rings is 1. The van der Waals surface area contributed by atoms with E-state index in [9.17, 15) is 5.26 Å². The van der Waals surface area contributed by atoms with Crippen molar-refractivity contribution in [1.82, 2.24) is 4.90 Å². The minimum absolute atomic E-state index is 0.202. The summed E-state index contributed by atoms with van der Waals surface area (Å²) in [5.41, 5.74) is 0. The lowest BCUT2D eigenvalue weighted by molar-refractivity contribution is 0.0794. The fourth-order valence-corrected chi connectivity index (χ4v) is 3.63. The summed E-state index contributed by atoms with van der Waals surface area (Å²) in [5.74, 6) is 2.03. The molecule has 0 saturated heterocycles. The summed E-state index contributed by atoms with van der Waals surface area (Å²) in [7, 11) is 0. The van der Waals surface area contributed by atoms with Crippen molar-refractivity contribution < 1.29 is 4.42 Å². The molecule has 1 heterocycles. The lowest BCUT2D eigenvalue weighted by atomic mass is 9.77. The largest absolute Gasteiger partial charge is 0.468 e. The fraction of sp³-hybridized carbons (Fsp3) is 0.706. The fourth-order valence-electron chi connectivity index (χ4n) is 3.63. The van der Waals surface area contributed by atoms with Crippen LogP contribution in [-0.4, -0.2) is 17.0 Å². The Bertz CT molecular complexity index is 458. The molecule has 2 aliphatic rings. The predicted octanol–water partition coefficient (Wildman–Crippen LogP) is 3.96. The van der Waals surface area contributed by atoms with Crippen molar-refractivity contribution in [2.75, 3.05) is 0 Å². The number of hydrogen-bond acceptors (Lipinski definition) is 3. The molecular formula is C17H24N2O. The van der Waals surface area contributed by atoms with Crippen LogP contribution in [-0.2, 0) is 6.54 Å². The first kappa shape index (κ1) is 13.7. The number of hydrogen-bond donors (Lipinski definition) is 0. The Hall–Kier alpha value is -1.27. The Balaban J connectivity index is 1.75. The molecule has 0 aliphatic heterocycles. The normalized spacial score (nSPS) is 30.4. The summed E-state index contributed by atoms with van der Waals surface area (Å²) >= 11 is 0. The Morgan fingerprint density at radius 1 is 1.35 bits per heavy atom. The van der Waals surface area contributed by atoms with Crippen molar-refractivity contribution >= 4 is 0 Å².